The maximum Gasteiger partial charge on any atom is 0.244 e. The van der Waals surface area contributed by atoms with Gasteiger partial charge in [0.05, 0.1) is 11.6 Å². The van der Waals surface area contributed by atoms with Gasteiger partial charge in [0.25, 0.3) is 0 Å². The number of anilines is 1. The lowest BCUT2D eigenvalue weighted by molar-refractivity contribution is -0.117. The van der Waals surface area contributed by atoms with Crippen LogP contribution in [0.4, 0.5) is 5.69 Å². The van der Waals surface area contributed by atoms with Gasteiger partial charge in [-0.05, 0) is 25.3 Å². The minimum atomic E-state index is -0.524. The van der Waals surface area contributed by atoms with Gasteiger partial charge in [-0.15, -0.1) is 11.8 Å². The number of hydrogen-bond acceptors (Lipinski definition) is 3. The van der Waals surface area contributed by atoms with Crippen LogP contribution in [0.5, 0.6) is 0 Å². The van der Waals surface area contributed by atoms with Gasteiger partial charge in [0.1, 0.15) is 4.75 Å². The second kappa shape index (κ2) is 3.28. The summed E-state index contributed by atoms with van der Waals surface area (Å²) in [4.78, 5) is 11.8. The molecule has 1 aliphatic heterocycles. The van der Waals surface area contributed by atoms with Crippen molar-refractivity contribution in [2.75, 3.05) is 11.6 Å². The number of rotatable bonds is 1. The van der Waals surface area contributed by atoms with Crippen molar-refractivity contribution in [2.45, 2.75) is 11.7 Å². The van der Waals surface area contributed by atoms with E-state index in [0.717, 1.165) is 11.3 Å². The van der Waals surface area contributed by atoms with Gasteiger partial charge in [0, 0.05) is 11.3 Å². The minimum Gasteiger partial charge on any atom is -0.324 e. The van der Waals surface area contributed by atoms with Gasteiger partial charge in [-0.25, -0.2) is 0 Å². The quantitative estimate of drug-likeness (QED) is 0.785. The fourth-order valence-electron chi connectivity index (χ4n) is 1.70. The van der Waals surface area contributed by atoms with Crippen molar-refractivity contribution in [3.63, 3.8) is 0 Å². The zero-order valence-electron chi connectivity index (χ0n) is 8.50. The Morgan fingerprint density at radius 3 is 2.87 bits per heavy atom. The molecule has 2 rings (SSSR count). The maximum atomic E-state index is 11.8. The monoisotopic (exact) mass is 218 g/mol. The molecule has 0 bridgehead atoms. The molecule has 1 amide bonds. The van der Waals surface area contributed by atoms with E-state index in [2.05, 4.69) is 11.4 Å². The van der Waals surface area contributed by atoms with Crippen LogP contribution in [0.1, 0.15) is 18.1 Å². The summed E-state index contributed by atoms with van der Waals surface area (Å²) in [6, 6.07) is 7.37. The Bertz CT molecular complexity index is 478. The predicted molar refractivity (Wildman–Crippen MR) is 60.7 cm³/mol. The average molecular weight is 218 g/mol. The van der Waals surface area contributed by atoms with Gasteiger partial charge in [0.15, 0.2) is 0 Å². The third-order valence-corrected chi connectivity index (χ3v) is 3.97. The summed E-state index contributed by atoms with van der Waals surface area (Å²) < 4.78 is -0.524. The van der Waals surface area contributed by atoms with E-state index in [0.29, 0.717) is 5.56 Å². The molecule has 0 aliphatic carbocycles. The lowest BCUT2D eigenvalue weighted by atomic mass is 10.0. The first-order valence-corrected chi connectivity index (χ1v) is 5.75. The number of carbonyl (C=O) groups excluding carboxylic acids is 1. The van der Waals surface area contributed by atoms with E-state index in [-0.39, 0.29) is 5.91 Å². The molecule has 1 heterocycles. The van der Waals surface area contributed by atoms with E-state index >= 15 is 0 Å². The number of amides is 1. The molecule has 0 aromatic heterocycles. The van der Waals surface area contributed by atoms with Crippen LogP contribution in [-0.4, -0.2) is 12.2 Å². The number of fused-ring (bicyclic) bond motifs is 1. The molecule has 1 aliphatic rings. The molecule has 0 spiro atoms. The van der Waals surface area contributed by atoms with Crippen LogP contribution in [0, 0.1) is 11.3 Å². The normalized spacial score (nSPS) is 23.1. The molecule has 0 radical (unpaired) electrons. The summed E-state index contributed by atoms with van der Waals surface area (Å²) in [6.07, 6.45) is 1.91. The fourth-order valence-corrected chi connectivity index (χ4v) is 2.33. The number of hydrogen-bond donors (Lipinski definition) is 1. The van der Waals surface area contributed by atoms with E-state index < -0.39 is 4.75 Å². The smallest absolute Gasteiger partial charge is 0.244 e. The second-order valence-electron chi connectivity index (χ2n) is 3.56. The molecule has 1 unspecified atom stereocenters. The van der Waals surface area contributed by atoms with Crippen LogP contribution in [0.3, 0.4) is 0 Å². The van der Waals surface area contributed by atoms with Gasteiger partial charge in [-0.3, -0.25) is 4.79 Å². The predicted octanol–water partition coefficient (Wildman–Crippen LogP) is 2.09. The third-order valence-electron chi connectivity index (χ3n) is 2.75. The van der Waals surface area contributed by atoms with Crippen LogP contribution < -0.4 is 5.32 Å². The SMILES string of the molecule is CSC1(C)C(=O)Nc2cc(C#N)ccc21. The van der Waals surface area contributed by atoms with E-state index in [1.54, 1.807) is 12.1 Å². The van der Waals surface area contributed by atoms with Crippen molar-refractivity contribution in [3.05, 3.63) is 29.3 Å². The van der Waals surface area contributed by atoms with E-state index in [1.165, 1.54) is 11.8 Å². The zero-order chi connectivity index (χ0) is 11.1. The highest BCUT2D eigenvalue weighted by Crippen LogP contribution is 2.44. The first-order valence-electron chi connectivity index (χ1n) is 4.53. The van der Waals surface area contributed by atoms with Crippen molar-refractivity contribution in [2.24, 2.45) is 0 Å². The Morgan fingerprint density at radius 2 is 2.27 bits per heavy atom. The summed E-state index contributed by atoms with van der Waals surface area (Å²) in [6.45, 7) is 1.89. The summed E-state index contributed by atoms with van der Waals surface area (Å²) in [5, 5.41) is 11.6. The number of benzene rings is 1. The van der Waals surface area contributed by atoms with Crippen LogP contribution >= 0.6 is 11.8 Å². The van der Waals surface area contributed by atoms with E-state index in [4.69, 9.17) is 5.26 Å². The van der Waals surface area contributed by atoms with Gasteiger partial charge in [-0.1, -0.05) is 6.07 Å². The van der Waals surface area contributed by atoms with Crippen LogP contribution in [0.2, 0.25) is 0 Å². The third kappa shape index (κ3) is 1.31. The Kier molecular flexibility index (Phi) is 2.20. The Morgan fingerprint density at radius 1 is 1.53 bits per heavy atom. The number of nitrogens with zero attached hydrogens (tertiary/aromatic N) is 1. The van der Waals surface area contributed by atoms with E-state index in [9.17, 15) is 4.79 Å². The van der Waals surface area contributed by atoms with E-state index in [1.807, 2.05) is 19.2 Å². The number of carbonyl (C=O) groups is 1. The van der Waals surface area contributed by atoms with Crippen molar-refractivity contribution < 1.29 is 4.79 Å². The highest BCUT2D eigenvalue weighted by atomic mass is 32.2. The fraction of sp³-hybridized carbons (Fsp3) is 0.273. The summed E-state index contributed by atoms with van der Waals surface area (Å²) in [5.41, 5.74) is 2.29. The largest absolute Gasteiger partial charge is 0.324 e. The first kappa shape index (κ1) is 10.1. The molecular formula is C11H10N2OS. The first-order chi connectivity index (χ1) is 7.11. The van der Waals surface area contributed by atoms with Gasteiger partial charge >= 0.3 is 0 Å². The Labute approximate surface area is 92.5 Å². The zero-order valence-corrected chi connectivity index (χ0v) is 9.31. The summed E-state index contributed by atoms with van der Waals surface area (Å²) in [7, 11) is 0. The molecular weight excluding hydrogens is 208 g/mol. The van der Waals surface area contributed by atoms with Crippen molar-refractivity contribution in [1.82, 2.24) is 0 Å². The molecule has 76 valence electrons. The summed E-state index contributed by atoms with van der Waals surface area (Å²) >= 11 is 1.50. The number of thioether (sulfide) groups is 1. The van der Waals surface area contributed by atoms with Crippen LogP contribution in [-0.2, 0) is 9.54 Å². The van der Waals surface area contributed by atoms with Crippen molar-refractivity contribution in [3.8, 4) is 6.07 Å². The Balaban J connectivity index is 2.58. The molecule has 0 saturated heterocycles. The summed E-state index contributed by atoms with van der Waals surface area (Å²) in [5.74, 6) is -0.0138. The Hall–Kier alpha value is -1.47. The highest BCUT2D eigenvalue weighted by molar-refractivity contribution is 8.00. The van der Waals surface area contributed by atoms with Gasteiger partial charge in [-0.2, -0.15) is 5.26 Å². The lowest BCUT2D eigenvalue weighted by Crippen LogP contribution is -2.26. The molecule has 4 heteroatoms. The molecule has 1 aromatic carbocycles. The van der Waals surface area contributed by atoms with Gasteiger partial charge in [0.2, 0.25) is 5.91 Å². The van der Waals surface area contributed by atoms with Gasteiger partial charge < -0.3 is 5.32 Å². The molecule has 1 aromatic rings. The molecule has 15 heavy (non-hydrogen) atoms. The van der Waals surface area contributed by atoms with Crippen LogP contribution in [0.15, 0.2) is 18.2 Å². The number of nitrogens with one attached hydrogen (secondary N) is 1. The van der Waals surface area contributed by atoms with Crippen molar-refractivity contribution >= 4 is 23.4 Å². The molecule has 0 saturated carbocycles. The minimum absolute atomic E-state index is 0.0138. The second-order valence-corrected chi connectivity index (χ2v) is 4.79. The molecule has 3 nitrogen and oxygen atoms in total. The topological polar surface area (TPSA) is 52.9 Å². The molecule has 0 fully saturated rings. The lowest BCUT2D eigenvalue weighted by Gasteiger charge is -2.18. The number of nitriles is 1. The molecule has 1 atom stereocenters. The van der Waals surface area contributed by atoms with Crippen molar-refractivity contribution in [1.29, 1.82) is 5.26 Å². The highest BCUT2D eigenvalue weighted by Gasteiger charge is 2.41. The average Bonchev–Trinajstić information content (AvgIpc) is 2.51. The maximum absolute atomic E-state index is 11.8. The molecule has 1 N–H and O–H groups in total. The standard InChI is InChI=1S/C11H10N2OS/c1-11(15-2)8-4-3-7(6-12)5-9(8)13-10(11)14/h3-5H,1-2H3,(H,13,14). The van der Waals surface area contributed by atoms with Crippen LogP contribution in [0.25, 0.3) is 0 Å².